The summed E-state index contributed by atoms with van der Waals surface area (Å²) >= 11 is 1.65. The van der Waals surface area contributed by atoms with Crippen molar-refractivity contribution < 1.29 is 19.1 Å². The highest BCUT2D eigenvalue weighted by molar-refractivity contribution is 7.08. The van der Waals surface area contributed by atoms with Crippen LogP contribution in [0.4, 0.5) is 0 Å². The summed E-state index contributed by atoms with van der Waals surface area (Å²) in [5.41, 5.74) is 2.04. The zero-order valence-electron chi connectivity index (χ0n) is 16.2. The van der Waals surface area contributed by atoms with Gasteiger partial charge < -0.3 is 20.1 Å². The molecule has 2 aromatic rings. The maximum atomic E-state index is 12.3. The molecule has 0 aliphatic carbocycles. The lowest BCUT2D eigenvalue weighted by atomic mass is 10.0. The van der Waals surface area contributed by atoms with Gasteiger partial charge in [-0.05, 0) is 66.0 Å². The predicted molar refractivity (Wildman–Crippen MR) is 110 cm³/mol. The molecule has 29 heavy (non-hydrogen) atoms. The third kappa shape index (κ3) is 4.89. The molecule has 1 aromatic heterocycles. The van der Waals surface area contributed by atoms with Crippen LogP contribution in [-0.4, -0.2) is 43.1 Å². The lowest BCUT2D eigenvalue weighted by molar-refractivity contribution is -0.139. The molecule has 0 saturated carbocycles. The molecule has 0 radical (unpaired) electrons. The predicted octanol–water partition coefficient (Wildman–Crippen LogP) is 2.44. The summed E-state index contributed by atoms with van der Waals surface area (Å²) in [6, 6.07) is 7.65. The first kappa shape index (κ1) is 19.7. The van der Waals surface area contributed by atoms with E-state index in [1.807, 2.05) is 17.5 Å². The average Bonchev–Trinajstić information content (AvgIpc) is 3.44. The van der Waals surface area contributed by atoms with E-state index < -0.39 is 11.8 Å². The van der Waals surface area contributed by atoms with Crippen LogP contribution >= 0.6 is 11.3 Å². The Bertz CT molecular complexity index is 850. The molecule has 1 atom stereocenters. The van der Waals surface area contributed by atoms with Crippen LogP contribution in [0.25, 0.3) is 0 Å². The number of piperidine rings is 1. The van der Waals surface area contributed by atoms with Crippen LogP contribution in [0.3, 0.4) is 0 Å². The summed E-state index contributed by atoms with van der Waals surface area (Å²) in [6.45, 7) is 2.92. The standard InChI is InChI=1S/C21H25N3O4S/c25-20(22-11-15-4-5-18-19(10-15)28-14-27-18)21(26)23-12-17(16-6-9-29-13-16)24-7-2-1-3-8-24/h4-6,9-10,13,17H,1-3,7-8,11-12,14H2,(H,22,25)(H,23,26). The number of amides is 2. The van der Waals surface area contributed by atoms with E-state index in [1.54, 1.807) is 17.4 Å². The normalized spacial score (nSPS) is 17.0. The number of fused-ring (bicyclic) bond motifs is 1. The second kappa shape index (κ2) is 9.28. The number of benzene rings is 1. The quantitative estimate of drug-likeness (QED) is 0.709. The van der Waals surface area contributed by atoms with Gasteiger partial charge >= 0.3 is 11.8 Å². The van der Waals surface area contributed by atoms with Crippen molar-refractivity contribution in [1.82, 2.24) is 15.5 Å². The van der Waals surface area contributed by atoms with Crippen molar-refractivity contribution >= 4 is 23.2 Å². The van der Waals surface area contributed by atoms with E-state index in [1.165, 1.54) is 24.8 Å². The van der Waals surface area contributed by atoms with Crippen molar-refractivity contribution in [3.8, 4) is 11.5 Å². The fourth-order valence-electron chi connectivity index (χ4n) is 3.74. The lowest BCUT2D eigenvalue weighted by Gasteiger charge is -2.34. The molecule has 1 saturated heterocycles. The molecule has 2 aliphatic heterocycles. The number of hydrogen-bond donors (Lipinski definition) is 2. The van der Waals surface area contributed by atoms with Crippen LogP contribution in [-0.2, 0) is 16.1 Å². The van der Waals surface area contributed by atoms with E-state index in [0.29, 0.717) is 18.0 Å². The minimum atomic E-state index is -0.634. The topological polar surface area (TPSA) is 79.9 Å². The number of carbonyl (C=O) groups is 2. The van der Waals surface area contributed by atoms with Crippen LogP contribution in [0.5, 0.6) is 11.5 Å². The van der Waals surface area contributed by atoms with Gasteiger partial charge in [0, 0.05) is 13.1 Å². The van der Waals surface area contributed by atoms with Gasteiger partial charge in [0.15, 0.2) is 11.5 Å². The number of carbonyl (C=O) groups excluding carboxylic acids is 2. The van der Waals surface area contributed by atoms with E-state index in [9.17, 15) is 9.59 Å². The van der Waals surface area contributed by atoms with E-state index in [-0.39, 0.29) is 19.4 Å². The number of ether oxygens (including phenoxy) is 2. The van der Waals surface area contributed by atoms with Gasteiger partial charge in [0.1, 0.15) is 0 Å². The van der Waals surface area contributed by atoms with Gasteiger partial charge in [-0.15, -0.1) is 0 Å². The minimum absolute atomic E-state index is 0.104. The zero-order valence-corrected chi connectivity index (χ0v) is 17.0. The molecule has 7 nitrogen and oxygen atoms in total. The monoisotopic (exact) mass is 415 g/mol. The van der Waals surface area contributed by atoms with Crippen molar-refractivity contribution in [3.05, 3.63) is 46.2 Å². The molecule has 3 heterocycles. The second-order valence-electron chi connectivity index (χ2n) is 7.25. The highest BCUT2D eigenvalue weighted by atomic mass is 32.1. The van der Waals surface area contributed by atoms with Crippen LogP contribution < -0.4 is 20.1 Å². The minimum Gasteiger partial charge on any atom is -0.454 e. The number of likely N-dealkylation sites (tertiary alicyclic amines) is 1. The second-order valence-corrected chi connectivity index (χ2v) is 8.03. The third-order valence-corrected chi connectivity index (χ3v) is 6.01. The lowest BCUT2D eigenvalue weighted by Crippen LogP contribution is -2.45. The Morgan fingerprint density at radius 2 is 1.83 bits per heavy atom. The number of hydrogen-bond acceptors (Lipinski definition) is 6. The maximum Gasteiger partial charge on any atom is 0.309 e. The Morgan fingerprint density at radius 1 is 1.03 bits per heavy atom. The summed E-state index contributed by atoms with van der Waals surface area (Å²) < 4.78 is 10.6. The van der Waals surface area contributed by atoms with E-state index in [4.69, 9.17) is 9.47 Å². The Labute approximate surface area is 174 Å². The fourth-order valence-corrected chi connectivity index (χ4v) is 4.44. The van der Waals surface area contributed by atoms with E-state index in [0.717, 1.165) is 18.7 Å². The molecule has 2 amide bonds. The molecular weight excluding hydrogens is 390 g/mol. The van der Waals surface area contributed by atoms with Gasteiger partial charge in [0.2, 0.25) is 6.79 Å². The van der Waals surface area contributed by atoms with E-state index in [2.05, 4.69) is 27.0 Å². The molecule has 154 valence electrons. The molecule has 2 N–H and O–H groups in total. The zero-order chi connectivity index (χ0) is 20.1. The van der Waals surface area contributed by atoms with Crippen LogP contribution in [0.1, 0.15) is 36.4 Å². The molecule has 2 aliphatic rings. The molecule has 0 bridgehead atoms. The Balaban J connectivity index is 1.29. The highest BCUT2D eigenvalue weighted by Crippen LogP contribution is 2.32. The third-order valence-electron chi connectivity index (χ3n) is 5.31. The Hall–Kier alpha value is -2.58. The van der Waals surface area contributed by atoms with Crippen LogP contribution in [0, 0.1) is 0 Å². The molecule has 0 spiro atoms. The summed E-state index contributed by atoms with van der Waals surface area (Å²) in [5.74, 6) is 0.102. The van der Waals surface area contributed by atoms with Crippen LogP contribution in [0.15, 0.2) is 35.0 Å². The Morgan fingerprint density at radius 3 is 2.62 bits per heavy atom. The van der Waals surface area contributed by atoms with Crippen molar-refractivity contribution in [3.63, 3.8) is 0 Å². The average molecular weight is 416 g/mol. The van der Waals surface area contributed by atoms with Gasteiger partial charge in [-0.25, -0.2) is 0 Å². The first-order chi connectivity index (χ1) is 14.2. The number of thiophene rings is 1. The summed E-state index contributed by atoms with van der Waals surface area (Å²) in [6.07, 6.45) is 3.59. The summed E-state index contributed by atoms with van der Waals surface area (Å²) in [7, 11) is 0. The number of nitrogens with one attached hydrogen (secondary N) is 2. The van der Waals surface area contributed by atoms with Crippen molar-refractivity contribution in [2.24, 2.45) is 0 Å². The summed E-state index contributed by atoms with van der Waals surface area (Å²) in [5, 5.41) is 9.65. The Kier molecular flexibility index (Phi) is 6.31. The van der Waals surface area contributed by atoms with Gasteiger partial charge in [0.05, 0.1) is 6.04 Å². The van der Waals surface area contributed by atoms with Gasteiger partial charge in [-0.2, -0.15) is 11.3 Å². The van der Waals surface area contributed by atoms with Crippen molar-refractivity contribution in [1.29, 1.82) is 0 Å². The molecule has 8 heteroatoms. The van der Waals surface area contributed by atoms with Gasteiger partial charge in [-0.3, -0.25) is 14.5 Å². The number of nitrogens with zero attached hydrogens (tertiary/aromatic N) is 1. The first-order valence-electron chi connectivity index (χ1n) is 9.91. The molecule has 1 unspecified atom stereocenters. The van der Waals surface area contributed by atoms with Crippen LogP contribution in [0.2, 0.25) is 0 Å². The smallest absolute Gasteiger partial charge is 0.309 e. The van der Waals surface area contributed by atoms with Crippen molar-refractivity contribution in [2.75, 3.05) is 26.4 Å². The number of rotatable bonds is 6. The fraction of sp³-hybridized carbons (Fsp3) is 0.429. The molecule has 1 aromatic carbocycles. The molecular formula is C21H25N3O4S. The highest BCUT2D eigenvalue weighted by Gasteiger charge is 2.24. The maximum absolute atomic E-state index is 12.3. The van der Waals surface area contributed by atoms with E-state index >= 15 is 0 Å². The largest absolute Gasteiger partial charge is 0.454 e. The molecule has 1 fully saturated rings. The SMILES string of the molecule is O=C(NCc1ccc2c(c1)OCO2)C(=O)NCC(c1ccsc1)N1CCCCC1. The summed E-state index contributed by atoms with van der Waals surface area (Å²) in [4.78, 5) is 27.0. The van der Waals surface area contributed by atoms with Gasteiger partial charge in [0.25, 0.3) is 0 Å². The van der Waals surface area contributed by atoms with Crippen molar-refractivity contribution in [2.45, 2.75) is 31.8 Å². The first-order valence-corrected chi connectivity index (χ1v) is 10.9. The van der Waals surface area contributed by atoms with Gasteiger partial charge in [-0.1, -0.05) is 12.5 Å². The molecule has 4 rings (SSSR count).